The first-order valence-electron chi connectivity index (χ1n) is 5.94. The third kappa shape index (κ3) is 3.87. The number of rotatable bonds is 7. The van der Waals surface area contributed by atoms with E-state index in [0.717, 1.165) is 12.8 Å². The maximum Gasteiger partial charge on any atom is 0.297 e. The topological polar surface area (TPSA) is 64.4 Å². The first kappa shape index (κ1) is 14.8. The highest BCUT2D eigenvalue weighted by molar-refractivity contribution is 9.10. The minimum atomic E-state index is -0.407. The number of nitro benzene ring substituents is 1. The Morgan fingerprint density at radius 3 is 2.72 bits per heavy atom. The van der Waals surface area contributed by atoms with Gasteiger partial charge in [0.2, 0.25) is 0 Å². The Kier molecular flexibility index (Phi) is 5.91. The zero-order valence-electron chi connectivity index (χ0n) is 10.5. The monoisotopic (exact) mass is 316 g/mol. The van der Waals surface area contributed by atoms with Gasteiger partial charge in [-0.2, -0.15) is 0 Å². The minimum absolute atomic E-state index is 0.0257. The van der Waals surface area contributed by atoms with Gasteiger partial charge in [0.05, 0.1) is 11.5 Å². The Morgan fingerprint density at radius 1 is 1.44 bits per heavy atom. The van der Waals surface area contributed by atoms with Gasteiger partial charge in [0.15, 0.2) is 11.4 Å². The molecule has 1 N–H and O–H groups in total. The van der Waals surface area contributed by atoms with E-state index in [9.17, 15) is 10.1 Å². The van der Waals surface area contributed by atoms with E-state index in [0.29, 0.717) is 29.1 Å². The van der Waals surface area contributed by atoms with E-state index in [-0.39, 0.29) is 5.69 Å². The lowest BCUT2D eigenvalue weighted by Gasteiger charge is -2.13. The van der Waals surface area contributed by atoms with Gasteiger partial charge < -0.3 is 10.1 Å². The molecule has 18 heavy (non-hydrogen) atoms. The highest BCUT2D eigenvalue weighted by Crippen LogP contribution is 2.37. The second kappa shape index (κ2) is 7.20. The van der Waals surface area contributed by atoms with Crippen LogP contribution in [0.15, 0.2) is 16.6 Å². The molecular weight excluding hydrogens is 300 g/mol. The maximum atomic E-state index is 11.0. The standard InChI is InChI=1S/C12H17BrN2O3/c1-3-5-6-18-11-8-9(13)7-10(15(16)17)12(11)14-4-2/h7-8,14H,3-6H2,1-2H3. The molecule has 5 nitrogen and oxygen atoms in total. The summed E-state index contributed by atoms with van der Waals surface area (Å²) in [6, 6.07) is 3.23. The van der Waals surface area contributed by atoms with Crippen LogP contribution in [0, 0.1) is 10.1 Å². The van der Waals surface area contributed by atoms with E-state index in [1.165, 1.54) is 6.07 Å². The molecule has 0 heterocycles. The molecule has 1 rings (SSSR count). The molecule has 0 aliphatic carbocycles. The van der Waals surface area contributed by atoms with Crippen molar-refractivity contribution in [2.75, 3.05) is 18.5 Å². The fraction of sp³-hybridized carbons (Fsp3) is 0.500. The molecule has 0 aliphatic heterocycles. The van der Waals surface area contributed by atoms with Crippen LogP contribution in [0.2, 0.25) is 0 Å². The van der Waals surface area contributed by atoms with Gasteiger partial charge in [-0.1, -0.05) is 29.3 Å². The van der Waals surface area contributed by atoms with Crippen molar-refractivity contribution < 1.29 is 9.66 Å². The summed E-state index contributed by atoms with van der Waals surface area (Å²) in [5, 5.41) is 14.0. The molecule has 0 amide bonds. The zero-order chi connectivity index (χ0) is 13.5. The molecule has 0 aromatic heterocycles. The number of anilines is 1. The van der Waals surface area contributed by atoms with Crippen molar-refractivity contribution >= 4 is 27.3 Å². The van der Waals surface area contributed by atoms with E-state index in [2.05, 4.69) is 28.2 Å². The number of halogens is 1. The molecule has 0 spiro atoms. The average Bonchev–Trinajstić information content (AvgIpc) is 2.32. The van der Waals surface area contributed by atoms with Crippen LogP contribution < -0.4 is 10.1 Å². The van der Waals surface area contributed by atoms with Gasteiger partial charge in [-0.15, -0.1) is 0 Å². The van der Waals surface area contributed by atoms with Crippen molar-refractivity contribution in [1.82, 2.24) is 0 Å². The largest absolute Gasteiger partial charge is 0.491 e. The highest BCUT2D eigenvalue weighted by Gasteiger charge is 2.19. The van der Waals surface area contributed by atoms with Crippen LogP contribution in [-0.4, -0.2) is 18.1 Å². The van der Waals surface area contributed by atoms with Crippen molar-refractivity contribution in [3.63, 3.8) is 0 Å². The summed E-state index contributed by atoms with van der Waals surface area (Å²) in [6.45, 7) is 5.12. The second-order valence-corrected chi connectivity index (χ2v) is 4.70. The third-order valence-electron chi connectivity index (χ3n) is 2.35. The lowest BCUT2D eigenvalue weighted by molar-refractivity contribution is -0.384. The smallest absolute Gasteiger partial charge is 0.297 e. The summed E-state index contributed by atoms with van der Waals surface area (Å²) in [4.78, 5) is 10.6. The number of nitrogens with zero attached hydrogens (tertiary/aromatic N) is 1. The van der Waals surface area contributed by atoms with E-state index < -0.39 is 4.92 Å². The molecule has 0 bridgehead atoms. The van der Waals surface area contributed by atoms with Crippen LogP contribution in [0.25, 0.3) is 0 Å². The first-order chi connectivity index (χ1) is 8.60. The van der Waals surface area contributed by atoms with Gasteiger partial charge in [0.1, 0.15) is 0 Å². The van der Waals surface area contributed by atoms with Crippen LogP contribution in [-0.2, 0) is 0 Å². The number of hydrogen-bond donors (Lipinski definition) is 1. The van der Waals surface area contributed by atoms with E-state index in [4.69, 9.17) is 4.74 Å². The minimum Gasteiger partial charge on any atom is -0.491 e. The summed E-state index contributed by atoms with van der Waals surface area (Å²) in [5.41, 5.74) is 0.472. The first-order valence-corrected chi connectivity index (χ1v) is 6.74. The molecule has 0 radical (unpaired) electrons. The van der Waals surface area contributed by atoms with Gasteiger partial charge in [0.25, 0.3) is 5.69 Å². The predicted molar refractivity (Wildman–Crippen MR) is 75.4 cm³/mol. The molecule has 0 atom stereocenters. The summed E-state index contributed by atoms with van der Waals surface area (Å²) in [6.07, 6.45) is 1.94. The van der Waals surface area contributed by atoms with Crippen molar-refractivity contribution in [1.29, 1.82) is 0 Å². The number of unbranched alkanes of at least 4 members (excludes halogenated alkanes) is 1. The van der Waals surface area contributed by atoms with Crippen LogP contribution in [0.3, 0.4) is 0 Å². The lowest BCUT2D eigenvalue weighted by atomic mass is 10.2. The second-order valence-electron chi connectivity index (χ2n) is 3.79. The quantitative estimate of drug-likeness (QED) is 0.469. The van der Waals surface area contributed by atoms with Crippen LogP contribution in [0.5, 0.6) is 5.75 Å². The van der Waals surface area contributed by atoms with Gasteiger partial charge in [-0.3, -0.25) is 10.1 Å². The Bertz CT molecular complexity index is 424. The Morgan fingerprint density at radius 2 is 2.17 bits per heavy atom. The fourth-order valence-corrected chi connectivity index (χ4v) is 1.93. The summed E-state index contributed by atoms with van der Waals surface area (Å²) >= 11 is 3.26. The molecule has 0 fully saturated rings. The highest BCUT2D eigenvalue weighted by atomic mass is 79.9. The molecule has 0 saturated carbocycles. The van der Waals surface area contributed by atoms with Gasteiger partial charge in [-0.05, 0) is 19.4 Å². The predicted octanol–water partition coefficient (Wildman–Crippen LogP) is 3.97. The molecule has 1 aromatic carbocycles. The molecule has 100 valence electrons. The van der Waals surface area contributed by atoms with E-state index >= 15 is 0 Å². The molecule has 0 unspecified atom stereocenters. The van der Waals surface area contributed by atoms with E-state index in [1.807, 2.05) is 6.92 Å². The number of nitro groups is 1. The van der Waals surface area contributed by atoms with Crippen molar-refractivity contribution in [3.8, 4) is 5.75 Å². The Balaban J connectivity index is 3.08. The molecule has 1 aromatic rings. The number of ether oxygens (including phenoxy) is 1. The van der Waals surface area contributed by atoms with Crippen LogP contribution >= 0.6 is 15.9 Å². The summed E-state index contributed by atoms with van der Waals surface area (Å²) in [7, 11) is 0. The molecule has 6 heteroatoms. The zero-order valence-corrected chi connectivity index (χ0v) is 12.1. The third-order valence-corrected chi connectivity index (χ3v) is 2.81. The summed E-state index contributed by atoms with van der Waals surface area (Å²) in [5.74, 6) is 0.520. The van der Waals surface area contributed by atoms with Crippen LogP contribution in [0.1, 0.15) is 26.7 Å². The number of nitrogens with one attached hydrogen (secondary N) is 1. The van der Waals surface area contributed by atoms with Gasteiger partial charge >= 0.3 is 0 Å². The Labute approximate surface area is 115 Å². The SMILES string of the molecule is CCCCOc1cc(Br)cc([N+](=O)[O-])c1NCC. The molecular formula is C12H17BrN2O3. The molecule has 0 saturated heterocycles. The van der Waals surface area contributed by atoms with Crippen LogP contribution in [0.4, 0.5) is 11.4 Å². The summed E-state index contributed by atoms with van der Waals surface area (Å²) < 4.78 is 6.25. The fourth-order valence-electron chi connectivity index (χ4n) is 1.51. The lowest BCUT2D eigenvalue weighted by Crippen LogP contribution is -2.06. The van der Waals surface area contributed by atoms with Gasteiger partial charge in [0, 0.05) is 17.1 Å². The normalized spacial score (nSPS) is 10.2. The van der Waals surface area contributed by atoms with Gasteiger partial charge in [-0.25, -0.2) is 0 Å². The maximum absolute atomic E-state index is 11.0. The van der Waals surface area contributed by atoms with E-state index in [1.54, 1.807) is 6.07 Å². The van der Waals surface area contributed by atoms with Crippen molar-refractivity contribution in [2.24, 2.45) is 0 Å². The number of benzene rings is 1. The molecule has 0 aliphatic rings. The van der Waals surface area contributed by atoms with Crippen molar-refractivity contribution in [2.45, 2.75) is 26.7 Å². The average molecular weight is 317 g/mol. The Hall–Kier alpha value is -1.30. The number of hydrogen-bond acceptors (Lipinski definition) is 4. The van der Waals surface area contributed by atoms with Crippen molar-refractivity contribution in [3.05, 3.63) is 26.7 Å².